The minimum Gasteiger partial charge on any atom is -0.491 e. The number of benzene rings is 2. The van der Waals surface area contributed by atoms with Gasteiger partial charge in [0.2, 0.25) is 5.91 Å². The fourth-order valence-corrected chi connectivity index (χ4v) is 3.74. The monoisotopic (exact) mass is 380 g/mol. The summed E-state index contributed by atoms with van der Waals surface area (Å²) in [7, 11) is 0. The average Bonchev–Trinajstić information content (AvgIpc) is 3.53. The molecule has 1 unspecified atom stereocenters. The molecule has 1 aliphatic heterocycles. The van der Waals surface area contributed by atoms with Crippen LogP contribution in [-0.4, -0.2) is 48.3 Å². The third-order valence-corrected chi connectivity index (χ3v) is 5.43. The van der Waals surface area contributed by atoms with Gasteiger partial charge in [0, 0.05) is 38.3 Å². The lowest BCUT2D eigenvalue weighted by molar-refractivity contribution is -0.132. The number of hydrogen-bond donors (Lipinski definition) is 1. The molecule has 1 N–H and O–H groups in total. The van der Waals surface area contributed by atoms with Crippen LogP contribution < -0.4 is 9.64 Å². The van der Waals surface area contributed by atoms with Crippen molar-refractivity contribution in [1.82, 2.24) is 4.90 Å². The molecule has 1 heterocycles. The van der Waals surface area contributed by atoms with Crippen molar-refractivity contribution in [3.8, 4) is 5.75 Å². The van der Waals surface area contributed by atoms with Crippen LogP contribution >= 0.6 is 0 Å². The second-order valence-corrected chi connectivity index (χ2v) is 7.82. The average molecular weight is 380 g/mol. The SMILES string of the molecule is O=C1CCN(CC(O)COc2ccccc2)c2ccccc2CN1CC1CC1. The van der Waals surface area contributed by atoms with E-state index in [9.17, 15) is 9.90 Å². The van der Waals surface area contributed by atoms with E-state index < -0.39 is 6.10 Å². The summed E-state index contributed by atoms with van der Waals surface area (Å²) in [5, 5.41) is 10.5. The minimum atomic E-state index is -0.634. The van der Waals surface area contributed by atoms with E-state index in [2.05, 4.69) is 17.0 Å². The molecular weight excluding hydrogens is 352 g/mol. The Kier molecular flexibility index (Phi) is 5.81. The summed E-state index contributed by atoms with van der Waals surface area (Å²) in [4.78, 5) is 16.8. The molecule has 28 heavy (non-hydrogen) atoms. The molecule has 0 aromatic heterocycles. The highest BCUT2D eigenvalue weighted by Crippen LogP contribution is 2.32. The largest absolute Gasteiger partial charge is 0.491 e. The van der Waals surface area contributed by atoms with E-state index in [1.165, 1.54) is 12.8 Å². The highest BCUT2D eigenvalue weighted by atomic mass is 16.5. The molecule has 1 saturated carbocycles. The number of hydrogen-bond acceptors (Lipinski definition) is 4. The second-order valence-electron chi connectivity index (χ2n) is 7.82. The Bertz CT molecular complexity index is 791. The van der Waals surface area contributed by atoms with Crippen molar-refractivity contribution in [3.63, 3.8) is 0 Å². The predicted octanol–water partition coefficient (Wildman–Crippen LogP) is 3.08. The zero-order valence-corrected chi connectivity index (χ0v) is 16.2. The van der Waals surface area contributed by atoms with Crippen molar-refractivity contribution in [2.45, 2.75) is 31.9 Å². The molecule has 1 atom stereocenters. The Morgan fingerprint density at radius 1 is 1.04 bits per heavy atom. The quantitative estimate of drug-likeness (QED) is 0.802. The van der Waals surface area contributed by atoms with Crippen LogP contribution in [0.4, 0.5) is 5.69 Å². The van der Waals surface area contributed by atoms with Crippen LogP contribution in [0.2, 0.25) is 0 Å². The van der Waals surface area contributed by atoms with E-state index in [0.29, 0.717) is 32.0 Å². The van der Waals surface area contributed by atoms with E-state index >= 15 is 0 Å². The summed E-state index contributed by atoms with van der Waals surface area (Å²) in [5.41, 5.74) is 2.25. The molecular formula is C23H28N2O3. The number of β-amino-alcohol motifs (C(OH)–C–C–N with tert-alkyl or cyclic N) is 1. The molecule has 148 valence electrons. The first-order valence-corrected chi connectivity index (χ1v) is 10.2. The Hall–Kier alpha value is -2.53. The smallest absolute Gasteiger partial charge is 0.224 e. The van der Waals surface area contributed by atoms with Crippen molar-refractivity contribution >= 4 is 11.6 Å². The van der Waals surface area contributed by atoms with E-state index in [1.54, 1.807) is 0 Å². The summed E-state index contributed by atoms with van der Waals surface area (Å²) < 4.78 is 5.69. The second kappa shape index (κ2) is 8.65. The number of carbonyl (C=O) groups is 1. The normalized spacial score (nSPS) is 18.2. The van der Waals surface area contributed by atoms with Gasteiger partial charge in [0.05, 0.1) is 0 Å². The summed E-state index contributed by atoms with van der Waals surface area (Å²) in [6.07, 6.45) is 2.33. The van der Waals surface area contributed by atoms with E-state index in [1.807, 2.05) is 47.4 Å². The van der Waals surface area contributed by atoms with Crippen LogP contribution in [0.25, 0.3) is 0 Å². The minimum absolute atomic E-state index is 0.210. The highest BCUT2D eigenvalue weighted by Gasteiger charge is 2.29. The number of amides is 1. The topological polar surface area (TPSA) is 53.0 Å². The molecule has 0 radical (unpaired) electrons. The Morgan fingerprint density at radius 2 is 1.79 bits per heavy atom. The van der Waals surface area contributed by atoms with Gasteiger partial charge in [-0.15, -0.1) is 0 Å². The Balaban J connectivity index is 1.43. The molecule has 0 spiro atoms. The first-order chi connectivity index (χ1) is 13.7. The summed E-state index contributed by atoms with van der Waals surface area (Å²) in [6, 6.07) is 17.7. The molecule has 5 heteroatoms. The van der Waals surface area contributed by atoms with Gasteiger partial charge in [-0.2, -0.15) is 0 Å². The van der Waals surface area contributed by atoms with E-state index in [0.717, 1.165) is 23.5 Å². The van der Waals surface area contributed by atoms with Gasteiger partial charge < -0.3 is 19.6 Å². The van der Waals surface area contributed by atoms with Crippen LogP contribution in [0, 0.1) is 5.92 Å². The highest BCUT2D eigenvalue weighted by molar-refractivity contribution is 5.78. The molecule has 2 aromatic rings. The predicted molar refractivity (Wildman–Crippen MR) is 109 cm³/mol. The molecule has 1 amide bonds. The molecule has 0 saturated heterocycles. The van der Waals surface area contributed by atoms with Gasteiger partial charge >= 0.3 is 0 Å². The number of para-hydroxylation sites is 2. The van der Waals surface area contributed by atoms with Gasteiger partial charge in [-0.1, -0.05) is 36.4 Å². The van der Waals surface area contributed by atoms with Crippen molar-refractivity contribution in [2.75, 3.05) is 31.1 Å². The Labute approximate surface area is 166 Å². The maximum atomic E-state index is 12.7. The van der Waals surface area contributed by atoms with Crippen molar-refractivity contribution in [1.29, 1.82) is 0 Å². The van der Waals surface area contributed by atoms with Crippen LogP contribution in [0.5, 0.6) is 5.75 Å². The number of rotatable bonds is 7. The summed E-state index contributed by atoms with van der Waals surface area (Å²) in [5.74, 6) is 1.64. The fourth-order valence-electron chi connectivity index (χ4n) is 3.74. The van der Waals surface area contributed by atoms with Gasteiger partial charge in [0.25, 0.3) is 0 Å². The van der Waals surface area contributed by atoms with E-state index in [4.69, 9.17) is 4.74 Å². The van der Waals surface area contributed by atoms with Crippen molar-refractivity contribution < 1.29 is 14.6 Å². The molecule has 2 aliphatic rings. The summed E-state index contributed by atoms with van der Waals surface area (Å²) in [6.45, 7) is 2.81. The number of aliphatic hydroxyl groups is 1. The van der Waals surface area contributed by atoms with Crippen LogP contribution in [0.3, 0.4) is 0 Å². The first kappa shape index (κ1) is 18.8. The number of anilines is 1. The lowest BCUT2D eigenvalue weighted by Crippen LogP contribution is -2.42. The van der Waals surface area contributed by atoms with E-state index in [-0.39, 0.29) is 12.5 Å². The number of ether oxygens (including phenoxy) is 1. The third-order valence-electron chi connectivity index (χ3n) is 5.43. The maximum absolute atomic E-state index is 12.7. The number of fused-ring (bicyclic) bond motifs is 1. The molecule has 1 fully saturated rings. The Morgan fingerprint density at radius 3 is 2.57 bits per heavy atom. The first-order valence-electron chi connectivity index (χ1n) is 10.2. The molecule has 2 aromatic carbocycles. The zero-order chi connectivity index (χ0) is 19.3. The number of carbonyl (C=O) groups excluding carboxylic acids is 1. The van der Waals surface area contributed by atoms with Gasteiger partial charge in [0.15, 0.2) is 0 Å². The van der Waals surface area contributed by atoms with Gasteiger partial charge in [-0.25, -0.2) is 0 Å². The fraction of sp³-hybridized carbons (Fsp3) is 0.435. The van der Waals surface area contributed by atoms with Crippen molar-refractivity contribution in [3.05, 3.63) is 60.2 Å². The van der Waals surface area contributed by atoms with Crippen LogP contribution in [0.15, 0.2) is 54.6 Å². The van der Waals surface area contributed by atoms with Crippen LogP contribution in [0.1, 0.15) is 24.8 Å². The number of nitrogens with zero attached hydrogens (tertiary/aromatic N) is 2. The molecule has 0 bridgehead atoms. The lowest BCUT2D eigenvalue weighted by atomic mass is 10.1. The van der Waals surface area contributed by atoms with Gasteiger partial charge in [-0.05, 0) is 42.5 Å². The zero-order valence-electron chi connectivity index (χ0n) is 16.2. The molecule has 4 rings (SSSR count). The van der Waals surface area contributed by atoms with Gasteiger partial charge in [-0.3, -0.25) is 4.79 Å². The summed E-state index contributed by atoms with van der Waals surface area (Å²) >= 11 is 0. The molecule has 1 aliphatic carbocycles. The number of aliphatic hydroxyl groups excluding tert-OH is 1. The third kappa shape index (κ3) is 4.84. The van der Waals surface area contributed by atoms with Gasteiger partial charge in [0.1, 0.15) is 18.5 Å². The maximum Gasteiger partial charge on any atom is 0.224 e. The van der Waals surface area contributed by atoms with Crippen molar-refractivity contribution in [2.24, 2.45) is 5.92 Å². The molecule has 5 nitrogen and oxygen atoms in total. The lowest BCUT2D eigenvalue weighted by Gasteiger charge is -2.34. The van der Waals surface area contributed by atoms with Crippen LogP contribution in [-0.2, 0) is 11.3 Å². The standard InChI is InChI=1S/C23H28N2O3/c26-20(17-28-21-7-2-1-3-8-21)16-24-13-12-23(27)25(14-18-10-11-18)15-19-6-4-5-9-22(19)24/h1-9,18,20,26H,10-17H2.